The predicted molar refractivity (Wildman–Crippen MR) is 155 cm³/mol. The molecule has 0 aliphatic heterocycles. The van der Waals surface area contributed by atoms with Gasteiger partial charge in [0.1, 0.15) is 17.7 Å². The zero-order valence-electron chi connectivity index (χ0n) is 25.9. The van der Waals surface area contributed by atoms with Gasteiger partial charge in [-0.25, -0.2) is 4.79 Å². The van der Waals surface area contributed by atoms with Crippen molar-refractivity contribution in [3.63, 3.8) is 0 Å². The molecule has 0 aliphatic rings. The molecule has 0 radical (unpaired) electrons. The molecule has 1 aromatic carbocycles. The van der Waals surface area contributed by atoms with Gasteiger partial charge in [-0.1, -0.05) is 45.9 Å². The number of aryl methyl sites for hydroxylation is 2. The molecule has 3 amide bonds. The van der Waals surface area contributed by atoms with Crippen molar-refractivity contribution in [1.82, 2.24) is 15.5 Å². The van der Waals surface area contributed by atoms with Crippen molar-refractivity contribution in [3.8, 4) is 0 Å². The van der Waals surface area contributed by atoms with Gasteiger partial charge in [0.05, 0.1) is 0 Å². The second kappa shape index (κ2) is 14.5. The van der Waals surface area contributed by atoms with E-state index in [-0.39, 0.29) is 29.8 Å². The lowest BCUT2D eigenvalue weighted by molar-refractivity contribution is -0.145. The van der Waals surface area contributed by atoms with E-state index in [1.807, 2.05) is 66.7 Å². The van der Waals surface area contributed by atoms with Crippen LogP contribution in [-0.2, 0) is 14.3 Å². The normalized spacial score (nSPS) is 14.3. The maximum absolute atomic E-state index is 14.5. The highest BCUT2D eigenvalue weighted by molar-refractivity contribution is 5.93. The van der Waals surface area contributed by atoms with E-state index in [1.165, 1.54) is 0 Å². The van der Waals surface area contributed by atoms with E-state index in [4.69, 9.17) is 4.74 Å². The van der Waals surface area contributed by atoms with E-state index >= 15 is 0 Å². The van der Waals surface area contributed by atoms with Gasteiger partial charge in [-0.15, -0.1) is 0 Å². The predicted octanol–water partition coefficient (Wildman–Crippen LogP) is 6.46. The summed E-state index contributed by atoms with van der Waals surface area (Å²) in [5.74, 6) is 0.0915. The number of ether oxygens (including phenoxy) is 1. The fraction of sp³-hybridized carbons (Fsp3) is 0.710. The molecule has 3 unspecified atom stereocenters. The number of amides is 3. The molecule has 1 aromatic rings. The lowest BCUT2D eigenvalue weighted by atomic mass is 9.91. The SMILES string of the molecule is Cc1cccc(C)c1C(C(=O)NC(C)C)N(C(=O)C(CC(C)C)NC(=O)OC(C)(C)C)C(C)CCC(C)C. The Balaban J connectivity index is 3.72. The third kappa shape index (κ3) is 10.7. The number of alkyl carbamates (subject to hydrolysis) is 1. The number of rotatable bonds is 12. The first-order valence-electron chi connectivity index (χ1n) is 14.1. The minimum absolute atomic E-state index is 0.0939. The molecule has 0 saturated carbocycles. The Kier molecular flexibility index (Phi) is 12.8. The van der Waals surface area contributed by atoms with Crippen molar-refractivity contribution >= 4 is 17.9 Å². The number of hydrogen-bond donors (Lipinski definition) is 2. The summed E-state index contributed by atoms with van der Waals surface area (Å²) in [4.78, 5) is 42.9. The standard InChI is InChI=1S/C31H53N3O4/c1-19(2)16-17-24(9)34(29(36)25(18-20(3)4)33-30(37)38-31(10,11)12)27(28(35)32-21(5)6)26-22(7)14-13-15-23(26)8/h13-15,19-21,24-25,27H,16-18H2,1-12H3,(H,32,35)(H,33,37). The molecular formula is C31H53N3O4. The Morgan fingerprint density at radius 2 is 1.42 bits per heavy atom. The number of carbonyl (C=O) groups is 3. The van der Waals surface area contributed by atoms with Crippen LogP contribution in [0.15, 0.2) is 18.2 Å². The molecule has 0 aromatic heterocycles. The van der Waals surface area contributed by atoms with Gasteiger partial charge >= 0.3 is 6.09 Å². The van der Waals surface area contributed by atoms with E-state index < -0.39 is 23.8 Å². The molecule has 0 heterocycles. The van der Waals surface area contributed by atoms with Crippen LogP contribution in [0.3, 0.4) is 0 Å². The minimum atomic E-state index is -0.830. The van der Waals surface area contributed by atoms with E-state index in [2.05, 4.69) is 24.5 Å². The molecule has 0 bridgehead atoms. The lowest BCUT2D eigenvalue weighted by Gasteiger charge is -2.40. The van der Waals surface area contributed by atoms with Crippen LogP contribution >= 0.6 is 0 Å². The molecule has 0 fully saturated rings. The van der Waals surface area contributed by atoms with E-state index in [1.54, 1.807) is 25.7 Å². The Morgan fingerprint density at radius 3 is 1.87 bits per heavy atom. The zero-order valence-corrected chi connectivity index (χ0v) is 25.9. The molecular weight excluding hydrogens is 478 g/mol. The van der Waals surface area contributed by atoms with Crippen molar-refractivity contribution in [2.75, 3.05) is 0 Å². The maximum atomic E-state index is 14.5. The Hall–Kier alpha value is -2.57. The first kappa shape index (κ1) is 33.5. The van der Waals surface area contributed by atoms with Crippen molar-refractivity contribution in [2.24, 2.45) is 11.8 Å². The van der Waals surface area contributed by atoms with Gasteiger partial charge in [-0.05, 0) is 103 Å². The molecule has 0 spiro atoms. The van der Waals surface area contributed by atoms with Crippen molar-refractivity contribution < 1.29 is 19.1 Å². The zero-order chi connectivity index (χ0) is 29.4. The van der Waals surface area contributed by atoms with E-state index in [9.17, 15) is 14.4 Å². The largest absolute Gasteiger partial charge is 0.444 e. The summed E-state index contributed by atoms with van der Waals surface area (Å²) in [6.07, 6.45) is 1.43. The van der Waals surface area contributed by atoms with Crippen molar-refractivity contribution in [1.29, 1.82) is 0 Å². The Labute approximate surface area is 231 Å². The molecule has 0 aliphatic carbocycles. The van der Waals surface area contributed by atoms with Crippen LogP contribution in [0.4, 0.5) is 4.79 Å². The summed E-state index contributed by atoms with van der Waals surface area (Å²) in [5, 5.41) is 5.89. The molecule has 7 nitrogen and oxygen atoms in total. The van der Waals surface area contributed by atoms with Crippen LogP contribution in [0, 0.1) is 25.7 Å². The highest BCUT2D eigenvalue weighted by Gasteiger charge is 2.40. The third-order valence-corrected chi connectivity index (χ3v) is 6.36. The molecule has 3 atom stereocenters. The monoisotopic (exact) mass is 531 g/mol. The third-order valence-electron chi connectivity index (χ3n) is 6.36. The average Bonchev–Trinajstić information content (AvgIpc) is 2.73. The lowest BCUT2D eigenvalue weighted by Crippen LogP contribution is -2.56. The maximum Gasteiger partial charge on any atom is 0.408 e. The van der Waals surface area contributed by atoms with Crippen molar-refractivity contribution in [3.05, 3.63) is 34.9 Å². The number of hydrogen-bond acceptors (Lipinski definition) is 4. The van der Waals surface area contributed by atoms with Gasteiger partial charge in [0.25, 0.3) is 0 Å². The fourth-order valence-corrected chi connectivity index (χ4v) is 4.65. The summed E-state index contributed by atoms with van der Waals surface area (Å²) in [6.45, 7) is 23.5. The molecule has 2 N–H and O–H groups in total. The first-order chi connectivity index (χ1) is 17.4. The smallest absolute Gasteiger partial charge is 0.408 e. The minimum Gasteiger partial charge on any atom is -0.444 e. The highest BCUT2D eigenvalue weighted by Crippen LogP contribution is 2.32. The van der Waals surface area contributed by atoms with Crippen LogP contribution in [0.1, 0.15) is 111 Å². The number of nitrogens with zero attached hydrogens (tertiary/aromatic N) is 1. The van der Waals surface area contributed by atoms with Gasteiger partial charge in [0, 0.05) is 12.1 Å². The summed E-state index contributed by atoms with van der Waals surface area (Å²) in [6, 6.07) is 3.93. The molecule has 0 saturated heterocycles. The van der Waals surface area contributed by atoms with Crippen molar-refractivity contribution in [2.45, 2.75) is 132 Å². The Bertz CT molecular complexity index is 913. The first-order valence-corrected chi connectivity index (χ1v) is 14.1. The second-order valence-electron chi connectivity index (χ2n) is 12.8. The quantitative estimate of drug-likeness (QED) is 0.324. The topological polar surface area (TPSA) is 87.7 Å². The summed E-state index contributed by atoms with van der Waals surface area (Å²) in [5.41, 5.74) is 2.03. The summed E-state index contributed by atoms with van der Waals surface area (Å²) in [7, 11) is 0. The summed E-state index contributed by atoms with van der Waals surface area (Å²) < 4.78 is 5.50. The fourth-order valence-electron chi connectivity index (χ4n) is 4.65. The summed E-state index contributed by atoms with van der Waals surface area (Å²) >= 11 is 0. The van der Waals surface area contributed by atoms with Crippen LogP contribution in [0.25, 0.3) is 0 Å². The van der Waals surface area contributed by atoms with E-state index in [0.29, 0.717) is 12.3 Å². The van der Waals surface area contributed by atoms with Gasteiger partial charge in [-0.2, -0.15) is 0 Å². The average molecular weight is 532 g/mol. The number of carbonyl (C=O) groups excluding carboxylic acids is 3. The van der Waals surface area contributed by atoms with Gasteiger partial charge in [-0.3, -0.25) is 9.59 Å². The molecule has 1 rings (SSSR count). The molecule has 38 heavy (non-hydrogen) atoms. The van der Waals surface area contributed by atoms with Crippen LogP contribution in [-0.4, -0.2) is 46.5 Å². The van der Waals surface area contributed by atoms with Crippen LogP contribution < -0.4 is 10.6 Å². The van der Waals surface area contributed by atoms with Gasteiger partial charge in [0.15, 0.2) is 0 Å². The molecule has 7 heteroatoms. The van der Waals surface area contributed by atoms with Crippen LogP contribution in [0.5, 0.6) is 0 Å². The second-order valence-corrected chi connectivity index (χ2v) is 12.8. The van der Waals surface area contributed by atoms with E-state index in [0.717, 1.165) is 29.5 Å². The molecule has 216 valence electrons. The highest BCUT2D eigenvalue weighted by atomic mass is 16.6. The van der Waals surface area contributed by atoms with Crippen LogP contribution in [0.2, 0.25) is 0 Å². The van der Waals surface area contributed by atoms with Gasteiger partial charge in [0.2, 0.25) is 11.8 Å². The Morgan fingerprint density at radius 1 is 0.868 bits per heavy atom. The van der Waals surface area contributed by atoms with Gasteiger partial charge < -0.3 is 20.3 Å². The number of benzene rings is 1. The number of nitrogens with one attached hydrogen (secondary N) is 2.